The number of nitrogens with zero attached hydrogens (tertiary/aromatic N) is 1. The monoisotopic (exact) mass is 294 g/mol. The van der Waals surface area contributed by atoms with Gasteiger partial charge < -0.3 is 5.32 Å². The van der Waals surface area contributed by atoms with E-state index in [2.05, 4.69) is 36.3 Å². The van der Waals surface area contributed by atoms with Gasteiger partial charge in [0.15, 0.2) is 0 Å². The van der Waals surface area contributed by atoms with E-state index in [-0.39, 0.29) is 0 Å². The summed E-state index contributed by atoms with van der Waals surface area (Å²) in [6, 6.07) is 10.5. The van der Waals surface area contributed by atoms with Gasteiger partial charge in [-0.05, 0) is 29.2 Å². The fourth-order valence-electron chi connectivity index (χ4n) is 1.88. The molecule has 2 nitrogen and oxygen atoms in total. The lowest BCUT2D eigenvalue weighted by atomic mass is 10.0. The third kappa shape index (κ3) is 4.21. The summed E-state index contributed by atoms with van der Waals surface area (Å²) in [6.45, 7) is 4.77. The van der Waals surface area contributed by atoms with Gasteiger partial charge in [0.2, 0.25) is 0 Å². The highest BCUT2D eigenvalue weighted by Crippen LogP contribution is 2.28. The van der Waals surface area contributed by atoms with Gasteiger partial charge in [-0.1, -0.05) is 38.1 Å². The maximum absolute atomic E-state index is 12.4. The first-order valence-electron chi connectivity index (χ1n) is 6.72. The zero-order chi connectivity index (χ0) is 15.5. The molecule has 21 heavy (non-hydrogen) atoms. The molecule has 0 atom stereocenters. The standard InChI is InChI=1S/C16H17F3N2/c1-11(2)13-5-3-12(4-6-13)9-20-15-8-7-14(10-21-15)16(17,18)19/h3-8,10-11H,9H2,1-2H3,(H,20,21). The van der Waals surface area contributed by atoms with Crippen LogP contribution in [0.1, 0.15) is 36.5 Å². The molecule has 0 unspecified atom stereocenters. The van der Waals surface area contributed by atoms with Crippen molar-refractivity contribution < 1.29 is 13.2 Å². The molecule has 1 aromatic carbocycles. The van der Waals surface area contributed by atoms with E-state index in [1.54, 1.807) is 0 Å². The summed E-state index contributed by atoms with van der Waals surface area (Å²) in [5.41, 5.74) is 1.57. The van der Waals surface area contributed by atoms with Crippen molar-refractivity contribution in [1.29, 1.82) is 0 Å². The Hall–Kier alpha value is -2.04. The molecule has 0 aliphatic rings. The van der Waals surface area contributed by atoms with E-state index in [9.17, 15) is 13.2 Å². The Bertz CT molecular complexity index is 572. The number of aromatic nitrogens is 1. The number of hydrogen-bond donors (Lipinski definition) is 1. The van der Waals surface area contributed by atoms with Crippen molar-refractivity contribution in [2.24, 2.45) is 0 Å². The quantitative estimate of drug-likeness (QED) is 0.873. The fraction of sp³-hybridized carbons (Fsp3) is 0.312. The number of pyridine rings is 1. The number of hydrogen-bond acceptors (Lipinski definition) is 2. The molecule has 0 aliphatic carbocycles. The summed E-state index contributed by atoms with van der Waals surface area (Å²) in [6.07, 6.45) is -3.51. The van der Waals surface area contributed by atoms with Crippen LogP contribution < -0.4 is 5.32 Å². The number of rotatable bonds is 4. The van der Waals surface area contributed by atoms with Gasteiger partial charge in [0, 0.05) is 12.7 Å². The van der Waals surface area contributed by atoms with Crippen LogP contribution in [0.3, 0.4) is 0 Å². The van der Waals surface area contributed by atoms with Crippen LogP contribution in [-0.4, -0.2) is 4.98 Å². The fourth-order valence-corrected chi connectivity index (χ4v) is 1.88. The maximum atomic E-state index is 12.4. The molecule has 2 aromatic rings. The summed E-state index contributed by atoms with van der Waals surface area (Å²) in [4.78, 5) is 3.77. The van der Waals surface area contributed by atoms with E-state index in [0.717, 1.165) is 17.8 Å². The zero-order valence-electron chi connectivity index (χ0n) is 11.9. The van der Waals surface area contributed by atoms with Crippen LogP contribution in [0.4, 0.5) is 19.0 Å². The van der Waals surface area contributed by atoms with Crippen LogP contribution >= 0.6 is 0 Å². The van der Waals surface area contributed by atoms with Crippen LogP contribution in [0.15, 0.2) is 42.6 Å². The molecular weight excluding hydrogens is 277 g/mol. The molecule has 0 bridgehead atoms. The average Bonchev–Trinajstić information content (AvgIpc) is 2.45. The van der Waals surface area contributed by atoms with Crippen molar-refractivity contribution in [3.63, 3.8) is 0 Å². The Balaban J connectivity index is 1.96. The SMILES string of the molecule is CC(C)c1ccc(CNc2ccc(C(F)(F)F)cn2)cc1. The summed E-state index contributed by atoms with van der Waals surface area (Å²) < 4.78 is 37.2. The summed E-state index contributed by atoms with van der Waals surface area (Å²) in [5.74, 6) is 0.902. The van der Waals surface area contributed by atoms with Crippen molar-refractivity contribution in [2.75, 3.05) is 5.32 Å². The first-order chi connectivity index (χ1) is 9.86. The summed E-state index contributed by atoms with van der Waals surface area (Å²) in [5, 5.41) is 3.01. The first-order valence-corrected chi connectivity index (χ1v) is 6.72. The Morgan fingerprint density at radius 2 is 1.71 bits per heavy atom. The second kappa shape index (κ2) is 6.16. The van der Waals surface area contributed by atoms with Gasteiger partial charge in [-0.3, -0.25) is 0 Å². The molecule has 0 aliphatic heterocycles. The van der Waals surface area contributed by atoms with E-state index in [4.69, 9.17) is 0 Å². The molecular formula is C16H17F3N2. The topological polar surface area (TPSA) is 24.9 Å². The molecule has 1 heterocycles. The number of benzene rings is 1. The third-order valence-corrected chi connectivity index (χ3v) is 3.21. The molecule has 5 heteroatoms. The third-order valence-electron chi connectivity index (χ3n) is 3.21. The van der Waals surface area contributed by atoms with Crippen molar-refractivity contribution >= 4 is 5.82 Å². The number of anilines is 1. The zero-order valence-corrected chi connectivity index (χ0v) is 11.9. The van der Waals surface area contributed by atoms with Gasteiger partial charge >= 0.3 is 6.18 Å². The van der Waals surface area contributed by atoms with Crippen molar-refractivity contribution in [3.05, 3.63) is 59.3 Å². The highest BCUT2D eigenvalue weighted by molar-refractivity contribution is 5.37. The molecule has 0 saturated heterocycles. The lowest BCUT2D eigenvalue weighted by Gasteiger charge is -2.10. The lowest BCUT2D eigenvalue weighted by molar-refractivity contribution is -0.137. The highest BCUT2D eigenvalue weighted by atomic mass is 19.4. The predicted octanol–water partition coefficient (Wildman–Crippen LogP) is 4.84. The molecule has 0 fully saturated rings. The number of halogens is 3. The Morgan fingerprint density at radius 3 is 2.19 bits per heavy atom. The second-order valence-corrected chi connectivity index (χ2v) is 5.18. The number of nitrogens with one attached hydrogen (secondary N) is 1. The largest absolute Gasteiger partial charge is 0.417 e. The summed E-state index contributed by atoms with van der Waals surface area (Å²) >= 11 is 0. The molecule has 2 rings (SSSR count). The van der Waals surface area contributed by atoms with E-state index in [1.165, 1.54) is 11.6 Å². The van der Waals surface area contributed by atoms with Gasteiger partial charge in [0.05, 0.1) is 5.56 Å². The summed E-state index contributed by atoms with van der Waals surface area (Å²) in [7, 11) is 0. The van der Waals surface area contributed by atoms with Crippen LogP contribution in [0.2, 0.25) is 0 Å². The Kier molecular flexibility index (Phi) is 4.50. The minimum absolute atomic E-state index is 0.427. The van der Waals surface area contributed by atoms with Crippen molar-refractivity contribution in [3.8, 4) is 0 Å². The van der Waals surface area contributed by atoms with Gasteiger partial charge in [-0.25, -0.2) is 4.98 Å². The van der Waals surface area contributed by atoms with E-state index in [1.807, 2.05) is 12.1 Å². The average molecular weight is 294 g/mol. The van der Waals surface area contributed by atoms with Crippen molar-refractivity contribution in [1.82, 2.24) is 4.98 Å². The van der Waals surface area contributed by atoms with Crippen LogP contribution in [0.25, 0.3) is 0 Å². The van der Waals surface area contributed by atoms with E-state index >= 15 is 0 Å². The Morgan fingerprint density at radius 1 is 1.05 bits per heavy atom. The number of alkyl halides is 3. The smallest absolute Gasteiger partial charge is 0.366 e. The maximum Gasteiger partial charge on any atom is 0.417 e. The van der Waals surface area contributed by atoms with Gasteiger partial charge in [0.1, 0.15) is 5.82 Å². The van der Waals surface area contributed by atoms with E-state index in [0.29, 0.717) is 18.3 Å². The van der Waals surface area contributed by atoms with Gasteiger partial charge in [0.25, 0.3) is 0 Å². The lowest BCUT2D eigenvalue weighted by Crippen LogP contribution is -2.07. The molecule has 0 saturated carbocycles. The van der Waals surface area contributed by atoms with Crippen LogP contribution in [-0.2, 0) is 12.7 Å². The molecule has 0 amide bonds. The predicted molar refractivity (Wildman–Crippen MR) is 77.1 cm³/mol. The molecule has 112 valence electrons. The second-order valence-electron chi connectivity index (χ2n) is 5.18. The van der Waals surface area contributed by atoms with Gasteiger partial charge in [-0.2, -0.15) is 13.2 Å². The van der Waals surface area contributed by atoms with Crippen LogP contribution in [0, 0.1) is 0 Å². The van der Waals surface area contributed by atoms with Gasteiger partial charge in [-0.15, -0.1) is 0 Å². The molecule has 1 N–H and O–H groups in total. The first kappa shape index (κ1) is 15.4. The Labute approximate surface area is 122 Å². The normalized spacial score (nSPS) is 11.7. The molecule has 1 aromatic heterocycles. The van der Waals surface area contributed by atoms with Crippen LogP contribution in [0.5, 0.6) is 0 Å². The van der Waals surface area contributed by atoms with E-state index < -0.39 is 11.7 Å². The minimum Gasteiger partial charge on any atom is -0.366 e. The molecule has 0 spiro atoms. The molecule has 0 radical (unpaired) electrons. The van der Waals surface area contributed by atoms with Crippen molar-refractivity contribution in [2.45, 2.75) is 32.5 Å². The minimum atomic E-state index is -4.35. The highest BCUT2D eigenvalue weighted by Gasteiger charge is 2.30.